The van der Waals surface area contributed by atoms with E-state index in [-0.39, 0.29) is 57.9 Å². The van der Waals surface area contributed by atoms with Gasteiger partial charge in [-0.25, -0.2) is 0 Å². The molecule has 0 heterocycles. The summed E-state index contributed by atoms with van der Waals surface area (Å²) in [4.78, 5) is 3.52. The van der Waals surface area contributed by atoms with E-state index in [4.69, 9.17) is 4.55 Å². The second-order valence-electron chi connectivity index (χ2n) is 5.17. The molecule has 1 N–H and O–H groups in total. The summed E-state index contributed by atoms with van der Waals surface area (Å²) in [6.45, 7) is 2.02. The summed E-state index contributed by atoms with van der Waals surface area (Å²) in [6, 6.07) is 0. The average Bonchev–Trinajstić information content (AvgIpc) is 2.39. The van der Waals surface area contributed by atoms with Crippen LogP contribution in [0.1, 0.15) is 64.7 Å². The molecule has 0 fully saturated rings. The Labute approximate surface area is 177 Å². The van der Waals surface area contributed by atoms with Gasteiger partial charge < -0.3 is 5.11 Å². The standard InChI is InChI=1S/C15H29NO4S.K/c1-2-3-4-5-6-7-8-9-10-11-12-15(17)16-13-14-21(18,19)20;/h11-12H,2-10,13-14H2,1H3,(H,16,17)(H,18,19,20);/q;+1/p-1/b12-11+;. The van der Waals surface area contributed by atoms with E-state index in [1.54, 1.807) is 6.08 Å². The van der Waals surface area contributed by atoms with E-state index >= 15 is 0 Å². The maximum atomic E-state index is 11.2. The van der Waals surface area contributed by atoms with Crippen LogP contribution in [0, 0.1) is 0 Å². The van der Waals surface area contributed by atoms with Crippen LogP contribution in [0.2, 0.25) is 0 Å². The third kappa shape index (κ3) is 20.8. The van der Waals surface area contributed by atoms with Crippen LogP contribution in [0.3, 0.4) is 0 Å². The summed E-state index contributed by atoms with van der Waals surface area (Å²) in [5.41, 5.74) is 0. The Morgan fingerprint density at radius 2 is 1.64 bits per heavy atom. The Kier molecular flexibility index (Phi) is 18.9. The first-order valence-electron chi connectivity index (χ1n) is 7.79. The van der Waals surface area contributed by atoms with Crippen LogP contribution in [-0.2, 0) is 10.1 Å². The summed E-state index contributed by atoms with van der Waals surface area (Å²) in [6.07, 6.45) is 14.0. The van der Waals surface area contributed by atoms with Gasteiger partial charge in [0.25, 0.3) is 10.1 Å². The van der Waals surface area contributed by atoms with Gasteiger partial charge in [0.05, 0.1) is 12.3 Å². The molecule has 5 nitrogen and oxygen atoms in total. The fraction of sp³-hybridized carbons (Fsp3) is 0.800. The van der Waals surface area contributed by atoms with Crippen molar-refractivity contribution in [2.24, 2.45) is 4.99 Å². The topological polar surface area (TPSA) is 89.8 Å². The first-order chi connectivity index (χ1) is 9.95. The average molecular weight is 358 g/mol. The molecule has 0 aliphatic rings. The van der Waals surface area contributed by atoms with E-state index in [2.05, 4.69) is 11.9 Å². The molecule has 0 amide bonds. The van der Waals surface area contributed by atoms with Crippen molar-refractivity contribution >= 4 is 16.0 Å². The minimum absolute atomic E-state index is 0. The van der Waals surface area contributed by atoms with E-state index < -0.39 is 21.8 Å². The molecule has 0 aromatic rings. The molecular formula is C15H28KNO4S. The smallest absolute Gasteiger partial charge is 0.859 e. The van der Waals surface area contributed by atoms with Gasteiger partial charge in [-0.1, -0.05) is 64.0 Å². The number of unbranched alkanes of at least 4 members (excludes halogenated alkanes) is 8. The predicted molar refractivity (Wildman–Crippen MR) is 85.1 cm³/mol. The van der Waals surface area contributed by atoms with Crippen molar-refractivity contribution in [3.63, 3.8) is 0 Å². The minimum atomic E-state index is -4.03. The summed E-state index contributed by atoms with van der Waals surface area (Å²) in [5.74, 6) is -0.955. The molecule has 0 aliphatic carbocycles. The molecule has 0 atom stereocenters. The van der Waals surface area contributed by atoms with Crippen LogP contribution in [0.15, 0.2) is 17.1 Å². The molecule has 22 heavy (non-hydrogen) atoms. The Hall–Kier alpha value is 0.756. The van der Waals surface area contributed by atoms with Gasteiger partial charge in [-0.3, -0.25) is 9.55 Å². The number of nitrogens with zero attached hydrogens (tertiary/aromatic N) is 1. The molecule has 0 unspecified atom stereocenters. The van der Waals surface area contributed by atoms with E-state index in [1.807, 2.05) is 0 Å². The van der Waals surface area contributed by atoms with Crippen molar-refractivity contribution in [1.82, 2.24) is 0 Å². The summed E-state index contributed by atoms with van der Waals surface area (Å²) in [7, 11) is -4.03. The number of hydrogen-bond donors (Lipinski definition) is 1. The zero-order chi connectivity index (χ0) is 16.0. The van der Waals surface area contributed by atoms with Gasteiger partial charge in [0.1, 0.15) is 0 Å². The molecule has 0 radical (unpaired) electrons. The SMILES string of the molecule is CCCCCCCCCC/C=C/C([O-])=NCCS(=O)(=O)O.[K+]. The van der Waals surface area contributed by atoms with E-state index in [1.165, 1.54) is 51.0 Å². The van der Waals surface area contributed by atoms with Crippen molar-refractivity contribution in [3.8, 4) is 0 Å². The molecule has 0 aromatic heterocycles. The van der Waals surface area contributed by atoms with Crippen LogP contribution in [-0.4, -0.2) is 31.2 Å². The molecule has 0 bridgehead atoms. The maximum Gasteiger partial charge on any atom is 1.00 e. The summed E-state index contributed by atoms with van der Waals surface area (Å²) >= 11 is 0. The quantitative estimate of drug-likeness (QED) is 0.161. The van der Waals surface area contributed by atoms with Gasteiger partial charge >= 0.3 is 51.4 Å². The first-order valence-corrected chi connectivity index (χ1v) is 9.40. The van der Waals surface area contributed by atoms with Gasteiger partial charge in [0, 0.05) is 0 Å². The van der Waals surface area contributed by atoms with E-state index in [0.717, 1.165) is 12.8 Å². The largest absolute Gasteiger partial charge is 1.00 e. The van der Waals surface area contributed by atoms with Gasteiger partial charge in [-0.15, -0.1) is 0 Å². The fourth-order valence-electron chi connectivity index (χ4n) is 1.90. The zero-order valence-electron chi connectivity index (χ0n) is 14.0. The second-order valence-corrected chi connectivity index (χ2v) is 6.74. The molecule has 0 aliphatic heterocycles. The van der Waals surface area contributed by atoms with E-state index in [0.29, 0.717) is 0 Å². The Balaban J connectivity index is 0. The first kappa shape index (κ1) is 25.0. The van der Waals surface area contributed by atoms with Crippen LogP contribution in [0.25, 0.3) is 0 Å². The second kappa shape index (κ2) is 16.6. The molecule has 124 valence electrons. The molecule has 0 saturated carbocycles. The van der Waals surface area contributed by atoms with Crippen molar-refractivity contribution in [1.29, 1.82) is 0 Å². The summed E-state index contributed by atoms with van der Waals surface area (Å²) in [5, 5.41) is 11.2. The Bertz CT molecular complexity index is 408. The predicted octanol–water partition coefficient (Wildman–Crippen LogP) is -0.276. The normalized spacial score (nSPS) is 12.5. The van der Waals surface area contributed by atoms with Gasteiger partial charge in [-0.05, 0) is 18.7 Å². The van der Waals surface area contributed by atoms with Crippen molar-refractivity contribution in [2.75, 3.05) is 12.3 Å². The third-order valence-electron chi connectivity index (χ3n) is 3.10. The summed E-state index contributed by atoms with van der Waals surface area (Å²) < 4.78 is 29.3. The number of hydrogen-bond acceptors (Lipinski definition) is 4. The van der Waals surface area contributed by atoms with Gasteiger partial charge in [0.2, 0.25) is 0 Å². The maximum absolute atomic E-state index is 11.2. The van der Waals surface area contributed by atoms with Crippen molar-refractivity contribution < 1.29 is 69.5 Å². The molecular weight excluding hydrogens is 329 g/mol. The molecule has 0 spiro atoms. The Morgan fingerprint density at radius 1 is 1.09 bits per heavy atom. The number of aliphatic imine (C=N–C) groups is 1. The number of allylic oxidation sites excluding steroid dienone is 1. The van der Waals surface area contributed by atoms with Crippen LogP contribution >= 0.6 is 0 Å². The van der Waals surface area contributed by atoms with E-state index in [9.17, 15) is 13.5 Å². The van der Waals surface area contributed by atoms with Crippen molar-refractivity contribution in [2.45, 2.75) is 64.7 Å². The number of rotatable bonds is 13. The third-order valence-corrected chi connectivity index (χ3v) is 3.80. The Morgan fingerprint density at radius 3 is 2.18 bits per heavy atom. The van der Waals surface area contributed by atoms with Crippen LogP contribution < -0.4 is 56.5 Å². The minimum Gasteiger partial charge on any atom is -0.859 e. The van der Waals surface area contributed by atoms with Gasteiger partial charge in [-0.2, -0.15) is 8.42 Å². The van der Waals surface area contributed by atoms with Gasteiger partial charge in [0.15, 0.2) is 0 Å². The van der Waals surface area contributed by atoms with Crippen molar-refractivity contribution in [3.05, 3.63) is 12.2 Å². The monoisotopic (exact) mass is 357 g/mol. The fourth-order valence-corrected chi connectivity index (χ4v) is 2.23. The zero-order valence-corrected chi connectivity index (χ0v) is 17.9. The molecule has 0 aromatic carbocycles. The molecule has 0 saturated heterocycles. The molecule has 7 heteroatoms. The van der Waals surface area contributed by atoms with Crippen LogP contribution in [0.5, 0.6) is 0 Å². The molecule has 0 rings (SSSR count). The van der Waals surface area contributed by atoms with Crippen LogP contribution in [0.4, 0.5) is 0 Å².